The smallest absolute Gasteiger partial charge is 0.119 e. The number of rotatable bonds is 2. The maximum atomic E-state index is 7.58. The van der Waals surface area contributed by atoms with Gasteiger partial charge >= 0.3 is 0 Å². The van der Waals surface area contributed by atoms with E-state index in [0.717, 1.165) is 12.8 Å². The van der Waals surface area contributed by atoms with Crippen LogP contribution in [0.3, 0.4) is 0 Å². The summed E-state index contributed by atoms with van der Waals surface area (Å²) in [6.45, 7) is 0.335. The van der Waals surface area contributed by atoms with Crippen molar-refractivity contribution in [1.29, 1.82) is 0 Å². The van der Waals surface area contributed by atoms with Crippen LogP contribution in [-0.2, 0) is 10.3 Å². The van der Waals surface area contributed by atoms with Crippen LogP contribution in [0.4, 0.5) is 0 Å². The topological polar surface area (TPSA) is 9.23 Å². The van der Waals surface area contributed by atoms with E-state index < -0.39 is 0 Å². The van der Waals surface area contributed by atoms with Crippen LogP contribution in [0, 0.1) is 0 Å². The molecule has 0 saturated carbocycles. The van der Waals surface area contributed by atoms with E-state index in [9.17, 15) is 0 Å². The Balaban J connectivity index is 2.07. The van der Waals surface area contributed by atoms with Crippen molar-refractivity contribution in [3.8, 4) is 0 Å². The average Bonchev–Trinajstić information content (AvgIpc) is 2.95. The van der Waals surface area contributed by atoms with E-state index in [1.54, 1.807) is 0 Å². The summed E-state index contributed by atoms with van der Waals surface area (Å²) in [6.07, 6.45) is 1.94. The SMILES string of the molecule is [2H]CC1CCC(c2ccccc2)(c2ccccc2)O1. The lowest BCUT2D eigenvalue weighted by atomic mass is 9.84. The Morgan fingerprint density at radius 2 is 1.56 bits per heavy atom. The second-order valence-electron chi connectivity index (χ2n) is 4.84. The molecule has 1 nitrogen and oxygen atoms in total. The van der Waals surface area contributed by atoms with Crippen LogP contribution < -0.4 is 0 Å². The lowest BCUT2D eigenvalue weighted by Gasteiger charge is -2.30. The molecule has 18 heavy (non-hydrogen) atoms. The number of hydrogen-bond acceptors (Lipinski definition) is 1. The minimum atomic E-state index is -0.367. The molecule has 0 radical (unpaired) electrons. The molecule has 0 aliphatic carbocycles. The first-order valence-corrected chi connectivity index (χ1v) is 6.43. The van der Waals surface area contributed by atoms with Gasteiger partial charge in [-0.05, 0) is 30.9 Å². The minimum Gasteiger partial charge on any atom is -0.363 e. The summed E-state index contributed by atoms with van der Waals surface area (Å²) in [5.41, 5.74) is 2.02. The summed E-state index contributed by atoms with van der Waals surface area (Å²) in [4.78, 5) is 0. The van der Waals surface area contributed by atoms with E-state index in [4.69, 9.17) is 6.11 Å². The predicted octanol–water partition coefficient (Wildman–Crippen LogP) is 4.13. The van der Waals surface area contributed by atoms with Crippen molar-refractivity contribution in [3.05, 3.63) is 71.8 Å². The van der Waals surface area contributed by atoms with Gasteiger partial charge in [0.1, 0.15) is 5.60 Å². The molecule has 2 aromatic rings. The van der Waals surface area contributed by atoms with Gasteiger partial charge in [-0.25, -0.2) is 0 Å². The monoisotopic (exact) mass is 239 g/mol. The quantitative estimate of drug-likeness (QED) is 0.765. The fourth-order valence-electron chi connectivity index (χ4n) is 2.77. The third-order valence-corrected chi connectivity index (χ3v) is 3.67. The lowest BCUT2D eigenvalue weighted by molar-refractivity contribution is -0.00806. The molecule has 1 aliphatic heterocycles. The van der Waals surface area contributed by atoms with Gasteiger partial charge in [0.05, 0.1) is 6.10 Å². The van der Waals surface area contributed by atoms with Crippen molar-refractivity contribution in [3.63, 3.8) is 0 Å². The molecule has 92 valence electrons. The molecule has 1 heteroatoms. The molecule has 1 atom stereocenters. The van der Waals surface area contributed by atoms with Gasteiger partial charge < -0.3 is 4.74 Å². The van der Waals surface area contributed by atoms with Gasteiger partial charge in [-0.3, -0.25) is 0 Å². The van der Waals surface area contributed by atoms with Crippen LogP contribution in [0.1, 0.15) is 32.2 Å². The van der Waals surface area contributed by atoms with Gasteiger partial charge in [0.25, 0.3) is 0 Å². The number of benzene rings is 2. The third-order valence-electron chi connectivity index (χ3n) is 3.67. The Morgan fingerprint density at radius 3 is 2.00 bits per heavy atom. The number of ether oxygens (including phenoxy) is 1. The van der Waals surface area contributed by atoms with Gasteiger partial charge in [-0.1, -0.05) is 60.7 Å². The summed E-state index contributed by atoms with van der Waals surface area (Å²) >= 11 is 0. The predicted molar refractivity (Wildman–Crippen MR) is 73.4 cm³/mol. The Bertz CT molecular complexity index is 484. The van der Waals surface area contributed by atoms with Crippen molar-refractivity contribution in [2.75, 3.05) is 0 Å². The van der Waals surface area contributed by atoms with Gasteiger partial charge in [0.2, 0.25) is 0 Å². The Labute approximate surface area is 110 Å². The summed E-state index contributed by atoms with van der Waals surface area (Å²) < 4.78 is 13.9. The molecule has 0 N–H and O–H groups in total. The van der Waals surface area contributed by atoms with E-state index >= 15 is 0 Å². The molecule has 0 spiro atoms. The third kappa shape index (κ3) is 1.85. The highest BCUT2D eigenvalue weighted by Gasteiger charge is 2.41. The summed E-state index contributed by atoms with van der Waals surface area (Å²) in [5.74, 6) is 0. The molecular formula is C17H18O. The van der Waals surface area contributed by atoms with Crippen LogP contribution >= 0.6 is 0 Å². The standard InChI is InChI=1S/C17H18O/c1-14-12-13-17(18-14,15-8-4-2-5-9-15)16-10-6-3-7-11-16/h2-11,14H,12-13H2,1H3/i1D. The zero-order valence-corrected chi connectivity index (χ0v) is 10.4. The molecule has 1 aliphatic rings. The Hall–Kier alpha value is -1.60. The van der Waals surface area contributed by atoms with Crippen LogP contribution in [0.2, 0.25) is 0 Å². The summed E-state index contributed by atoms with van der Waals surface area (Å²) in [6, 6.07) is 20.8. The van der Waals surface area contributed by atoms with Gasteiger partial charge in [0.15, 0.2) is 0 Å². The molecule has 3 rings (SSSR count). The first kappa shape index (κ1) is 10.3. The van der Waals surface area contributed by atoms with E-state index in [-0.39, 0.29) is 11.7 Å². The van der Waals surface area contributed by atoms with Crippen molar-refractivity contribution in [2.45, 2.75) is 31.4 Å². The van der Waals surface area contributed by atoms with Crippen LogP contribution in [0.5, 0.6) is 0 Å². The molecule has 0 amide bonds. The highest BCUT2D eigenvalue weighted by Crippen LogP contribution is 2.44. The average molecular weight is 239 g/mol. The van der Waals surface area contributed by atoms with E-state index in [1.807, 2.05) is 12.1 Å². The Kier molecular flexibility index (Phi) is 2.63. The fourth-order valence-corrected chi connectivity index (χ4v) is 2.77. The van der Waals surface area contributed by atoms with E-state index in [0.29, 0.717) is 6.90 Å². The molecule has 2 aromatic carbocycles. The van der Waals surface area contributed by atoms with Crippen molar-refractivity contribution < 1.29 is 6.11 Å². The second-order valence-corrected chi connectivity index (χ2v) is 4.84. The summed E-state index contributed by atoms with van der Waals surface area (Å²) in [5, 5.41) is 0. The Morgan fingerprint density at radius 1 is 1.00 bits per heavy atom. The molecule has 0 bridgehead atoms. The maximum absolute atomic E-state index is 7.58. The lowest BCUT2D eigenvalue weighted by Crippen LogP contribution is -2.27. The van der Waals surface area contributed by atoms with Crippen LogP contribution in [0.15, 0.2) is 60.7 Å². The highest BCUT2D eigenvalue weighted by atomic mass is 16.5. The molecule has 1 heterocycles. The van der Waals surface area contributed by atoms with Crippen molar-refractivity contribution in [2.24, 2.45) is 0 Å². The zero-order chi connectivity index (χ0) is 13.1. The second kappa shape index (κ2) is 4.58. The highest BCUT2D eigenvalue weighted by molar-refractivity contribution is 5.37. The maximum Gasteiger partial charge on any atom is 0.119 e. The van der Waals surface area contributed by atoms with E-state index in [1.165, 1.54) is 11.1 Å². The normalized spacial score (nSPS) is 22.7. The summed E-state index contributed by atoms with van der Waals surface area (Å²) in [7, 11) is 0. The van der Waals surface area contributed by atoms with Crippen LogP contribution in [-0.4, -0.2) is 6.10 Å². The van der Waals surface area contributed by atoms with Gasteiger partial charge in [-0.2, -0.15) is 0 Å². The zero-order valence-electron chi connectivity index (χ0n) is 11.4. The first-order chi connectivity index (χ1) is 9.35. The number of hydrogen-bond donors (Lipinski definition) is 0. The minimum absolute atomic E-state index is 0.0420. The first-order valence-electron chi connectivity index (χ1n) is 7.14. The largest absolute Gasteiger partial charge is 0.363 e. The van der Waals surface area contributed by atoms with Gasteiger partial charge in [0, 0.05) is 1.37 Å². The molecule has 1 saturated heterocycles. The van der Waals surface area contributed by atoms with Crippen molar-refractivity contribution in [1.82, 2.24) is 0 Å². The van der Waals surface area contributed by atoms with Crippen LogP contribution in [0.25, 0.3) is 0 Å². The molecule has 1 unspecified atom stereocenters. The molecular weight excluding hydrogens is 220 g/mol. The molecule has 1 fully saturated rings. The fraction of sp³-hybridized carbons (Fsp3) is 0.294. The van der Waals surface area contributed by atoms with E-state index in [2.05, 4.69) is 48.5 Å². The van der Waals surface area contributed by atoms with Crippen molar-refractivity contribution >= 4 is 0 Å². The van der Waals surface area contributed by atoms with Gasteiger partial charge in [-0.15, -0.1) is 0 Å². The molecule has 0 aromatic heterocycles.